The average molecular weight is 188 g/mol. The molecule has 0 aliphatic carbocycles. The third-order valence-electron chi connectivity index (χ3n) is 1.72. The molecule has 1 fully saturated rings. The zero-order valence-corrected chi connectivity index (χ0v) is 7.25. The van der Waals surface area contributed by atoms with Gasteiger partial charge in [0.1, 0.15) is 6.33 Å². The van der Waals surface area contributed by atoms with Gasteiger partial charge in [0.25, 0.3) is 0 Å². The number of rotatable bonds is 1. The second kappa shape index (κ2) is 4.35. The minimum Gasteiger partial charge on any atom is -0.301 e. The fraction of sp³-hybridized carbons (Fsp3) is 0.429. The Bertz CT molecular complexity index is 225. The van der Waals surface area contributed by atoms with Crippen LogP contribution >= 0.6 is 12.4 Å². The highest BCUT2D eigenvalue weighted by Crippen LogP contribution is 2.18. The lowest BCUT2D eigenvalue weighted by molar-refractivity contribution is 0.0882. The van der Waals surface area contributed by atoms with Gasteiger partial charge in [-0.1, -0.05) is 0 Å². The van der Waals surface area contributed by atoms with Crippen LogP contribution in [0, 0.1) is 0 Å². The largest absolute Gasteiger partial charge is 0.301 e. The monoisotopic (exact) mass is 187 g/mol. The first-order valence-corrected chi connectivity index (χ1v) is 3.59. The summed E-state index contributed by atoms with van der Waals surface area (Å²) < 4.78 is 0. The van der Waals surface area contributed by atoms with Crippen molar-refractivity contribution in [1.82, 2.24) is 15.4 Å². The van der Waals surface area contributed by atoms with Gasteiger partial charge in [0.05, 0.1) is 12.6 Å². The summed E-state index contributed by atoms with van der Waals surface area (Å²) in [4.78, 5) is 12.9. The first-order valence-electron chi connectivity index (χ1n) is 3.59. The highest BCUT2D eigenvalue weighted by atomic mass is 35.5. The number of aromatic nitrogens is 2. The van der Waals surface area contributed by atoms with Crippen LogP contribution in [0.4, 0.5) is 0 Å². The van der Waals surface area contributed by atoms with Crippen LogP contribution in [0.15, 0.2) is 18.7 Å². The summed E-state index contributed by atoms with van der Waals surface area (Å²) in [5.41, 5.74) is 3.98. The van der Waals surface area contributed by atoms with E-state index in [4.69, 9.17) is 4.84 Å². The Morgan fingerprint density at radius 1 is 1.42 bits per heavy atom. The molecule has 1 saturated heterocycles. The van der Waals surface area contributed by atoms with Gasteiger partial charge in [0.15, 0.2) is 0 Å². The Hall–Kier alpha value is -0.710. The molecule has 2 rings (SSSR count). The maximum Gasteiger partial charge on any atom is 0.115 e. The van der Waals surface area contributed by atoms with Gasteiger partial charge in [-0.05, 0) is 6.42 Å². The molecule has 5 heteroatoms. The van der Waals surface area contributed by atoms with Crippen molar-refractivity contribution in [2.45, 2.75) is 12.5 Å². The number of nitrogens with one attached hydrogen (secondary N) is 1. The number of hydrogen-bond acceptors (Lipinski definition) is 4. The molecular formula is C7H10ClN3O. The standard InChI is InChI=1S/C7H9N3O.ClH/c1-2-11-10-7(1)6-3-8-5-9-4-6;/h3-5,7,10H,1-2H2;1H/t7-;/m0./s1. The van der Waals surface area contributed by atoms with E-state index < -0.39 is 0 Å². The fourth-order valence-corrected chi connectivity index (χ4v) is 1.12. The van der Waals surface area contributed by atoms with E-state index in [1.165, 1.54) is 6.33 Å². The van der Waals surface area contributed by atoms with Crippen LogP contribution in [-0.4, -0.2) is 16.6 Å². The quantitative estimate of drug-likeness (QED) is 0.709. The number of halogens is 1. The van der Waals surface area contributed by atoms with Crippen LogP contribution in [-0.2, 0) is 4.84 Å². The predicted octanol–water partition coefficient (Wildman–Crippen LogP) is 0.864. The van der Waals surface area contributed by atoms with Crippen molar-refractivity contribution in [2.75, 3.05) is 6.61 Å². The van der Waals surface area contributed by atoms with Gasteiger partial charge in [-0.15, -0.1) is 12.4 Å². The lowest BCUT2D eigenvalue weighted by Gasteiger charge is -2.05. The average Bonchev–Trinajstić information content (AvgIpc) is 2.58. The molecule has 0 spiro atoms. The molecule has 1 aromatic heterocycles. The van der Waals surface area contributed by atoms with E-state index in [9.17, 15) is 0 Å². The van der Waals surface area contributed by atoms with Crippen LogP contribution < -0.4 is 5.48 Å². The third kappa shape index (κ3) is 1.91. The number of hydroxylamine groups is 1. The van der Waals surface area contributed by atoms with Crippen LogP contribution in [0.5, 0.6) is 0 Å². The van der Waals surface area contributed by atoms with Crippen molar-refractivity contribution < 1.29 is 4.84 Å². The van der Waals surface area contributed by atoms with E-state index in [0.717, 1.165) is 18.6 Å². The summed E-state index contributed by atoms with van der Waals surface area (Å²) in [5, 5.41) is 0. The van der Waals surface area contributed by atoms with Gasteiger partial charge in [-0.3, -0.25) is 0 Å². The lowest BCUT2D eigenvalue weighted by atomic mass is 10.1. The second-order valence-electron chi connectivity index (χ2n) is 2.48. The highest BCUT2D eigenvalue weighted by Gasteiger charge is 2.16. The summed E-state index contributed by atoms with van der Waals surface area (Å²) in [5.74, 6) is 0. The minimum absolute atomic E-state index is 0. The Morgan fingerprint density at radius 2 is 2.17 bits per heavy atom. The zero-order chi connectivity index (χ0) is 7.52. The molecule has 1 atom stereocenters. The minimum atomic E-state index is 0. The lowest BCUT2D eigenvalue weighted by Crippen LogP contribution is -2.11. The van der Waals surface area contributed by atoms with E-state index in [0.29, 0.717) is 0 Å². The molecule has 1 aromatic rings. The Labute approximate surface area is 76.7 Å². The molecule has 1 N–H and O–H groups in total. The summed E-state index contributed by atoms with van der Waals surface area (Å²) in [7, 11) is 0. The van der Waals surface area contributed by atoms with E-state index in [-0.39, 0.29) is 18.4 Å². The van der Waals surface area contributed by atoms with Crippen molar-refractivity contribution in [3.8, 4) is 0 Å². The maximum atomic E-state index is 5.01. The van der Waals surface area contributed by atoms with Gasteiger partial charge in [-0.25, -0.2) is 9.97 Å². The molecule has 4 nitrogen and oxygen atoms in total. The molecule has 1 aliphatic heterocycles. The number of nitrogens with zero attached hydrogens (tertiary/aromatic N) is 2. The molecule has 0 unspecified atom stereocenters. The molecule has 1 aliphatic rings. The molecule has 0 saturated carbocycles. The summed E-state index contributed by atoms with van der Waals surface area (Å²) >= 11 is 0. The van der Waals surface area contributed by atoms with Crippen molar-refractivity contribution in [3.05, 3.63) is 24.3 Å². The van der Waals surface area contributed by atoms with Gasteiger partial charge >= 0.3 is 0 Å². The molecule has 2 heterocycles. The second-order valence-corrected chi connectivity index (χ2v) is 2.48. The Morgan fingerprint density at radius 3 is 2.75 bits per heavy atom. The SMILES string of the molecule is Cl.c1ncc([C@@H]2CCON2)cn1. The summed E-state index contributed by atoms with van der Waals surface area (Å²) in [6, 6.07) is 0.274. The van der Waals surface area contributed by atoms with Crippen molar-refractivity contribution in [1.29, 1.82) is 0 Å². The van der Waals surface area contributed by atoms with Gasteiger partial charge in [0, 0.05) is 18.0 Å². The number of hydrogen-bond donors (Lipinski definition) is 1. The van der Waals surface area contributed by atoms with Crippen LogP contribution in [0.2, 0.25) is 0 Å². The zero-order valence-electron chi connectivity index (χ0n) is 6.43. The highest BCUT2D eigenvalue weighted by molar-refractivity contribution is 5.85. The Balaban J connectivity index is 0.000000720. The van der Waals surface area contributed by atoms with E-state index >= 15 is 0 Å². The van der Waals surface area contributed by atoms with Crippen LogP contribution in [0.1, 0.15) is 18.0 Å². The normalized spacial score (nSPS) is 21.8. The van der Waals surface area contributed by atoms with Gasteiger partial charge < -0.3 is 4.84 Å². The smallest absolute Gasteiger partial charge is 0.115 e. The summed E-state index contributed by atoms with van der Waals surface area (Å²) in [6.45, 7) is 0.763. The molecule has 66 valence electrons. The molecule has 0 amide bonds. The molecule has 0 aromatic carbocycles. The van der Waals surface area contributed by atoms with E-state index in [1.54, 1.807) is 12.4 Å². The third-order valence-corrected chi connectivity index (χ3v) is 1.72. The fourth-order valence-electron chi connectivity index (χ4n) is 1.12. The summed E-state index contributed by atoms with van der Waals surface area (Å²) in [6.07, 6.45) is 6.13. The van der Waals surface area contributed by atoms with Gasteiger partial charge in [-0.2, -0.15) is 5.48 Å². The molecule has 0 radical (unpaired) electrons. The van der Waals surface area contributed by atoms with Crippen LogP contribution in [0.25, 0.3) is 0 Å². The van der Waals surface area contributed by atoms with E-state index in [1.807, 2.05) is 0 Å². The molecule has 0 bridgehead atoms. The Kier molecular flexibility index (Phi) is 3.40. The van der Waals surface area contributed by atoms with Crippen molar-refractivity contribution in [2.24, 2.45) is 0 Å². The van der Waals surface area contributed by atoms with Crippen molar-refractivity contribution >= 4 is 12.4 Å². The molecule has 12 heavy (non-hydrogen) atoms. The van der Waals surface area contributed by atoms with Gasteiger partial charge in [0.2, 0.25) is 0 Å². The molecular weight excluding hydrogens is 178 g/mol. The first kappa shape index (κ1) is 9.38. The topological polar surface area (TPSA) is 47.0 Å². The van der Waals surface area contributed by atoms with E-state index in [2.05, 4.69) is 15.4 Å². The van der Waals surface area contributed by atoms with Crippen molar-refractivity contribution in [3.63, 3.8) is 0 Å². The first-order chi connectivity index (χ1) is 5.47. The maximum absolute atomic E-state index is 5.01. The van der Waals surface area contributed by atoms with Crippen LogP contribution in [0.3, 0.4) is 0 Å². The predicted molar refractivity (Wildman–Crippen MR) is 45.7 cm³/mol.